The molecule has 0 bridgehead atoms. The Balaban J connectivity index is 2.15. The summed E-state index contributed by atoms with van der Waals surface area (Å²) in [6, 6.07) is 0. The van der Waals surface area contributed by atoms with Gasteiger partial charge in [0.2, 0.25) is 0 Å². The number of fused-ring (bicyclic) bond motifs is 1. The summed E-state index contributed by atoms with van der Waals surface area (Å²) in [4.78, 5) is 3.50. The molecule has 0 aromatic rings. The van der Waals surface area contributed by atoms with Gasteiger partial charge in [0.05, 0.1) is 4.99 Å². The van der Waals surface area contributed by atoms with E-state index >= 15 is 0 Å². The first-order valence-electron chi connectivity index (χ1n) is 5.25. The number of thiocarbonyl (C=S) groups is 1. The summed E-state index contributed by atoms with van der Waals surface area (Å²) in [6.45, 7) is 3.56. The fraction of sp³-hybridized carbons (Fsp3) is 0.900. The van der Waals surface area contributed by atoms with Gasteiger partial charge in [-0.2, -0.15) is 0 Å². The minimum absolute atomic E-state index is 0.532. The SMILES string of the molecule is BC1(C)CC2CCN(C)C(=S)C2C1. The van der Waals surface area contributed by atoms with Gasteiger partial charge in [-0.25, -0.2) is 0 Å². The molecule has 2 rings (SSSR count). The van der Waals surface area contributed by atoms with Crippen LogP contribution in [0, 0.1) is 11.8 Å². The molecule has 0 aromatic carbocycles. The maximum absolute atomic E-state index is 5.49. The van der Waals surface area contributed by atoms with Gasteiger partial charge in [-0.3, -0.25) is 0 Å². The molecule has 0 spiro atoms. The summed E-state index contributed by atoms with van der Waals surface area (Å²) in [5.74, 6) is 1.60. The zero-order valence-corrected chi connectivity index (χ0v) is 9.66. The van der Waals surface area contributed by atoms with Crippen LogP contribution in [0.3, 0.4) is 0 Å². The highest BCUT2D eigenvalue weighted by Crippen LogP contribution is 2.51. The largest absolute Gasteiger partial charge is 0.369 e. The van der Waals surface area contributed by atoms with Gasteiger partial charge in [0, 0.05) is 19.5 Å². The second-order valence-corrected chi connectivity index (χ2v) is 5.91. The van der Waals surface area contributed by atoms with Gasteiger partial charge in [-0.1, -0.05) is 30.9 Å². The third-order valence-electron chi connectivity index (χ3n) is 3.69. The topological polar surface area (TPSA) is 3.24 Å². The van der Waals surface area contributed by atoms with E-state index in [2.05, 4.69) is 26.7 Å². The Morgan fingerprint density at radius 3 is 2.92 bits per heavy atom. The van der Waals surface area contributed by atoms with Crippen LogP contribution in [0.2, 0.25) is 5.31 Å². The summed E-state index contributed by atoms with van der Waals surface area (Å²) < 4.78 is 0. The van der Waals surface area contributed by atoms with Crippen LogP contribution in [0.15, 0.2) is 0 Å². The lowest BCUT2D eigenvalue weighted by atomic mass is 9.68. The summed E-state index contributed by atoms with van der Waals surface area (Å²) >= 11 is 5.49. The predicted molar refractivity (Wildman–Crippen MR) is 63.0 cm³/mol. The molecule has 2 fully saturated rings. The van der Waals surface area contributed by atoms with Gasteiger partial charge in [-0.15, -0.1) is 0 Å². The van der Waals surface area contributed by atoms with E-state index in [1.807, 2.05) is 0 Å². The van der Waals surface area contributed by atoms with E-state index in [0.29, 0.717) is 11.2 Å². The van der Waals surface area contributed by atoms with Crippen LogP contribution in [0.4, 0.5) is 0 Å². The summed E-state index contributed by atoms with van der Waals surface area (Å²) in [7, 11) is 4.53. The molecule has 3 atom stereocenters. The summed E-state index contributed by atoms with van der Waals surface area (Å²) in [5.41, 5.74) is 0. The monoisotopic (exact) mass is 195 g/mol. The van der Waals surface area contributed by atoms with Crippen molar-refractivity contribution < 1.29 is 0 Å². The zero-order valence-electron chi connectivity index (χ0n) is 8.84. The van der Waals surface area contributed by atoms with Gasteiger partial charge < -0.3 is 4.90 Å². The highest BCUT2D eigenvalue weighted by molar-refractivity contribution is 7.80. The molecule has 0 radical (unpaired) electrons. The summed E-state index contributed by atoms with van der Waals surface area (Å²) in [6.07, 6.45) is 4.04. The van der Waals surface area contributed by atoms with E-state index in [-0.39, 0.29) is 0 Å². The minimum atomic E-state index is 0.532. The Labute approximate surface area is 87.3 Å². The highest BCUT2D eigenvalue weighted by Gasteiger charge is 2.43. The molecule has 72 valence electrons. The van der Waals surface area contributed by atoms with Crippen molar-refractivity contribution in [3.63, 3.8) is 0 Å². The predicted octanol–water partition coefficient (Wildman–Crippen LogP) is 1.49. The Kier molecular flexibility index (Phi) is 2.18. The molecule has 3 heteroatoms. The maximum atomic E-state index is 5.49. The smallest absolute Gasteiger partial charge is 0.109 e. The molecule has 13 heavy (non-hydrogen) atoms. The van der Waals surface area contributed by atoms with Gasteiger partial charge in [0.25, 0.3) is 0 Å². The molecule has 2 aliphatic rings. The van der Waals surface area contributed by atoms with Crippen LogP contribution in [-0.4, -0.2) is 31.3 Å². The van der Waals surface area contributed by atoms with E-state index in [9.17, 15) is 0 Å². The van der Waals surface area contributed by atoms with Crippen LogP contribution < -0.4 is 0 Å². The van der Waals surface area contributed by atoms with Crippen molar-refractivity contribution in [2.45, 2.75) is 31.5 Å². The van der Waals surface area contributed by atoms with Crippen molar-refractivity contribution in [2.75, 3.05) is 13.6 Å². The number of hydrogen-bond donors (Lipinski definition) is 0. The molecule has 1 heterocycles. The van der Waals surface area contributed by atoms with Gasteiger partial charge >= 0.3 is 0 Å². The molecule has 1 aliphatic heterocycles. The zero-order chi connectivity index (χ0) is 9.64. The first-order valence-corrected chi connectivity index (χ1v) is 5.65. The third-order valence-corrected chi connectivity index (χ3v) is 4.30. The van der Waals surface area contributed by atoms with E-state index in [0.717, 1.165) is 5.92 Å². The first-order chi connectivity index (χ1) is 5.99. The average Bonchev–Trinajstić information content (AvgIpc) is 2.34. The minimum Gasteiger partial charge on any atom is -0.369 e. The maximum Gasteiger partial charge on any atom is 0.109 e. The number of nitrogens with zero attached hydrogens (tertiary/aromatic N) is 1. The number of piperidine rings is 1. The first kappa shape index (κ1) is 9.51. The number of hydrogen-bond acceptors (Lipinski definition) is 1. The van der Waals surface area contributed by atoms with Gasteiger partial charge in [0.1, 0.15) is 7.85 Å². The van der Waals surface area contributed by atoms with E-state index in [1.165, 1.54) is 30.8 Å². The molecular formula is C10H18BNS. The van der Waals surface area contributed by atoms with E-state index in [4.69, 9.17) is 12.2 Å². The Morgan fingerprint density at radius 1 is 1.54 bits per heavy atom. The van der Waals surface area contributed by atoms with Crippen LogP contribution >= 0.6 is 12.2 Å². The highest BCUT2D eigenvalue weighted by atomic mass is 32.1. The van der Waals surface area contributed by atoms with Crippen molar-refractivity contribution in [3.05, 3.63) is 0 Å². The lowest BCUT2D eigenvalue weighted by Gasteiger charge is -2.34. The van der Waals surface area contributed by atoms with E-state index in [1.54, 1.807) is 0 Å². The van der Waals surface area contributed by atoms with Gasteiger partial charge in [0.15, 0.2) is 0 Å². The molecule has 1 nitrogen and oxygen atoms in total. The average molecular weight is 195 g/mol. The van der Waals surface area contributed by atoms with Gasteiger partial charge in [-0.05, 0) is 18.8 Å². The van der Waals surface area contributed by atoms with Crippen LogP contribution in [0.1, 0.15) is 26.2 Å². The van der Waals surface area contributed by atoms with Crippen LogP contribution in [0.5, 0.6) is 0 Å². The molecule has 1 saturated heterocycles. The van der Waals surface area contributed by atoms with Crippen LogP contribution in [0.25, 0.3) is 0 Å². The van der Waals surface area contributed by atoms with Crippen molar-refractivity contribution in [1.82, 2.24) is 4.90 Å². The number of rotatable bonds is 0. The third kappa shape index (κ3) is 1.63. The molecular weight excluding hydrogens is 177 g/mol. The molecule has 3 unspecified atom stereocenters. The molecule has 0 N–H and O–H groups in total. The molecule has 1 saturated carbocycles. The lowest BCUT2D eigenvalue weighted by molar-refractivity contribution is 0.316. The quantitative estimate of drug-likeness (QED) is 0.425. The second-order valence-electron chi connectivity index (χ2n) is 5.49. The lowest BCUT2D eigenvalue weighted by Crippen LogP contribution is -2.39. The van der Waals surface area contributed by atoms with Crippen molar-refractivity contribution in [2.24, 2.45) is 11.8 Å². The van der Waals surface area contributed by atoms with E-state index < -0.39 is 0 Å². The molecule has 0 aromatic heterocycles. The van der Waals surface area contributed by atoms with Crippen LogP contribution in [-0.2, 0) is 0 Å². The fourth-order valence-electron chi connectivity index (χ4n) is 3.04. The Hall–Kier alpha value is -0.0451. The Morgan fingerprint density at radius 2 is 2.23 bits per heavy atom. The van der Waals surface area contributed by atoms with Crippen molar-refractivity contribution >= 4 is 25.1 Å². The van der Waals surface area contributed by atoms with Crippen molar-refractivity contribution in [1.29, 1.82) is 0 Å². The fourth-order valence-corrected chi connectivity index (χ4v) is 3.41. The standard InChI is InChI=1S/C10H18BNS/c1-10(11)5-7-3-4-12(2)9(13)8(7)6-10/h7-8H,3-6,11H2,1-2H3. The Bertz CT molecular complexity index is 239. The normalized spacial score (nSPS) is 45.1. The van der Waals surface area contributed by atoms with Crippen molar-refractivity contribution in [3.8, 4) is 0 Å². The second kappa shape index (κ2) is 2.98. The number of likely N-dealkylation sites (tertiary alicyclic amines) is 1. The summed E-state index contributed by atoms with van der Waals surface area (Å²) in [5, 5.41) is 0.532. The molecule has 1 aliphatic carbocycles. The molecule has 0 amide bonds.